The van der Waals surface area contributed by atoms with Gasteiger partial charge >= 0.3 is 0 Å². The van der Waals surface area contributed by atoms with Crippen molar-refractivity contribution in [1.29, 1.82) is 0 Å². The standard InChI is InChI=1S/C15H13Cl2NO2/c1-15(2)8-5-7(19)3-4-10(8)18-11-6-9(16)14(20)13(17)12(11)15/h3-6,11,16,18H,1-2H3/p+1. The Bertz CT molecular complexity index is 689. The van der Waals surface area contributed by atoms with Gasteiger partial charge in [-0.25, -0.2) is 0 Å². The molecule has 0 radical (unpaired) electrons. The van der Waals surface area contributed by atoms with Gasteiger partial charge in [0.2, 0.25) is 0 Å². The number of hydrogen-bond donors (Lipinski definition) is 2. The molecule has 0 saturated heterocycles. The van der Waals surface area contributed by atoms with Gasteiger partial charge < -0.3 is 10.4 Å². The van der Waals surface area contributed by atoms with Gasteiger partial charge in [-0.05, 0) is 29.3 Å². The normalized spacial score (nSPS) is 23.7. The van der Waals surface area contributed by atoms with Gasteiger partial charge in [-0.3, -0.25) is 4.79 Å². The summed E-state index contributed by atoms with van der Waals surface area (Å²) in [6.45, 7) is 3.98. The smallest absolute Gasteiger partial charge is 0.272 e. The van der Waals surface area contributed by atoms with Gasteiger partial charge in [-0.15, -0.1) is 0 Å². The molecule has 1 unspecified atom stereocenters. The van der Waals surface area contributed by atoms with Crippen molar-refractivity contribution in [2.24, 2.45) is 0 Å². The van der Waals surface area contributed by atoms with Gasteiger partial charge in [0.25, 0.3) is 10.8 Å². The van der Waals surface area contributed by atoms with Crippen LogP contribution in [0.25, 0.3) is 0 Å². The lowest BCUT2D eigenvalue weighted by atomic mass is 9.69. The van der Waals surface area contributed by atoms with Crippen LogP contribution in [0.15, 0.2) is 39.9 Å². The average molecular weight is 311 g/mol. The van der Waals surface area contributed by atoms with Gasteiger partial charge in [0.1, 0.15) is 5.75 Å². The number of carbonyl (C=O) groups excluding carboxylic acids is 1. The number of benzene rings is 1. The summed E-state index contributed by atoms with van der Waals surface area (Å²) < 4.78 is 0. The van der Waals surface area contributed by atoms with Crippen LogP contribution in [-0.4, -0.2) is 16.9 Å². The summed E-state index contributed by atoms with van der Waals surface area (Å²) >= 11 is 11.3. The van der Waals surface area contributed by atoms with E-state index in [9.17, 15) is 9.90 Å². The lowest BCUT2D eigenvalue weighted by Gasteiger charge is -2.41. The second-order valence-electron chi connectivity index (χ2n) is 5.56. The Labute approximate surface area is 126 Å². The zero-order valence-electron chi connectivity index (χ0n) is 11.0. The van der Waals surface area contributed by atoms with Crippen molar-refractivity contribution in [2.75, 3.05) is 5.32 Å². The average Bonchev–Trinajstić information content (AvgIpc) is 2.37. The first-order valence-electron chi connectivity index (χ1n) is 6.26. The van der Waals surface area contributed by atoms with Gasteiger partial charge in [0, 0.05) is 17.2 Å². The molecule has 0 saturated carbocycles. The third-order valence-electron chi connectivity index (χ3n) is 3.95. The van der Waals surface area contributed by atoms with Crippen molar-refractivity contribution in [1.82, 2.24) is 0 Å². The summed E-state index contributed by atoms with van der Waals surface area (Å²) in [6, 6.07) is 4.97. The Kier molecular flexibility index (Phi) is 2.89. The molecule has 0 amide bonds. The van der Waals surface area contributed by atoms with Crippen molar-refractivity contribution in [3.8, 4) is 5.75 Å². The van der Waals surface area contributed by atoms with E-state index in [0.717, 1.165) is 16.8 Å². The quantitative estimate of drug-likeness (QED) is 0.724. The van der Waals surface area contributed by atoms with Crippen LogP contribution in [0.5, 0.6) is 5.75 Å². The van der Waals surface area contributed by atoms with Crippen molar-refractivity contribution in [3.05, 3.63) is 45.5 Å². The van der Waals surface area contributed by atoms with E-state index in [1.165, 1.54) is 0 Å². The number of aromatic hydroxyl groups is 1. The van der Waals surface area contributed by atoms with Gasteiger partial charge in [-0.2, -0.15) is 0 Å². The van der Waals surface area contributed by atoms with E-state index in [0.29, 0.717) is 0 Å². The highest BCUT2D eigenvalue weighted by atomic mass is 35.5. The summed E-state index contributed by atoms with van der Waals surface area (Å²) in [5, 5.41) is 13.5. The van der Waals surface area contributed by atoms with Gasteiger partial charge in [0.15, 0.2) is 11.6 Å². The summed E-state index contributed by atoms with van der Waals surface area (Å²) in [4.78, 5) is 12.0. The molecule has 20 heavy (non-hydrogen) atoms. The second-order valence-corrected chi connectivity index (χ2v) is 6.38. The van der Waals surface area contributed by atoms with Gasteiger partial charge in [0.05, 0.1) is 11.1 Å². The van der Waals surface area contributed by atoms with Crippen LogP contribution < -0.4 is 5.32 Å². The summed E-state index contributed by atoms with van der Waals surface area (Å²) in [6.07, 6.45) is 1.73. The number of phenols is 1. The lowest BCUT2D eigenvalue weighted by Crippen LogP contribution is -2.41. The zero-order chi connectivity index (χ0) is 14.7. The number of halogens is 2. The molecule has 1 atom stereocenters. The largest absolute Gasteiger partial charge is 0.508 e. The van der Waals surface area contributed by atoms with Crippen LogP contribution in [0.3, 0.4) is 0 Å². The number of ketones is 1. The van der Waals surface area contributed by atoms with E-state index < -0.39 is 5.41 Å². The highest BCUT2D eigenvalue weighted by Crippen LogP contribution is 2.47. The monoisotopic (exact) mass is 310 g/mol. The molecule has 2 aliphatic rings. The predicted molar refractivity (Wildman–Crippen MR) is 75.9 cm³/mol. The number of carbonyl (C=O) groups is 1. The minimum absolute atomic E-state index is 0.181. The molecule has 0 spiro atoms. The first kappa shape index (κ1) is 13.5. The molecule has 5 heteroatoms. The molecular weight excluding hydrogens is 297 g/mol. The number of phenolic OH excluding ortho intramolecular Hbond substituents is 1. The molecule has 0 fully saturated rings. The number of rotatable bonds is 0. The minimum atomic E-state index is -0.455. The minimum Gasteiger partial charge on any atom is -0.508 e. The Morgan fingerprint density at radius 3 is 2.80 bits per heavy atom. The van der Waals surface area contributed by atoms with Crippen molar-refractivity contribution in [2.45, 2.75) is 25.3 Å². The van der Waals surface area contributed by atoms with Crippen molar-refractivity contribution >= 4 is 23.1 Å². The van der Waals surface area contributed by atoms with Crippen molar-refractivity contribution < 1.29 is 21.5 Å². The van der Waals surface area contributed by atoms with E-state index in [2.05, 4.69) is 5.32 Å². The number of allylic oxidation sites excluding steroid dienone is 2. The second kappa shape index (κ2) is 4.27. The van der Waals surface area contributed by atoms with Crippen LogP contribution in [-0.2, 0) is 10.2 Å². The molecule has 1 heterocycles. The maximum Gasteiger partial charge on any atom is 0.272 e. The molecule has 1 aromatic rings. The number of fused-ring (bicyclic) bond motifs is 2. The van der Waals surface area contributed by atoms with Gasteiger partial charge in [-0.1, -0.05) is 25.4 Å². The zero-order valence-corrected chi connectivity index (χ0v) is 12.6. The molecule has 1 aromatic carbocycles. The van der Waals surface area contributed by atoms with E-state index in [-0.39, 0.29) is 27.6 Å². The summed E-state index contributed by atoms with van der Waals surface area (Å²) in [5.41, 5.74) is 2.18. The fourth-order valence-corrected chi connectivity index (χ4v) is 3.69. The molecule has 104 valence electrons. The van der Waals surface area contributed by atoms with Crippen LogP contribution in [0.4, 0.5) is 5.69 Å². The number of nitrogens with one attached hydrogen (secondary N) is 1. The molecule has 3 nitrogen and oxygen atoms in total. The van der Waals surface area contributed by atoms with Crippen LogP contribution in [0.1, 0.15) is 19.4 Å². The summed E-state index contributed by atoms with van der Waals surface area (Å²) in [5.74, 6) is -0.109. The van der Waals surface area contributed by atoms with Crippen LogP contribution in [0.2, 0.25) is 0 Å². The fourth-order valence-electron chi connectivity index (χ4n) is 2.94. The topological polar surface area (TPSA) is 49.3 Å². The lowest BCUT2D eigenvalue weighted by molar-refractivity contribution is -0.298. The van der Waals surface area contributed by atoms with Crippen molar-refractivity contribution in [3.63, 3.8) is 0 Å². The maximum atomic E-state index is 12.0. The predicted octanol–water partition coefficient (Wildman–Crippen LogP) is 2.71. The Hall–Kier alpha value is -1.45. The first-order valence-corrected chi connectivity index (χ1v) is 7.04. The molecule has 3 rings (SSSR count). The van der Waals surface area contributed by atoms with Crippen LogP contribution in [0, 0.1) is 11.6 Å². The highest BCUT2D eigenvalue weighted by Gasteiger charge is 2.44. The maximum absolute atomic E-state index is 12.0. The Morgan fingerprint density at radius 1 is 1.40 bits per heavy atom. The molecule has 0 bridgehead atoms. The molecule has 1 aliphatic heterocycles. The number of Topliss-reactive ketones (excluding diaryl/α,β-unsaturated/α-hetero) is 1. The van der Waals surface area contributed by atoms with E-state index in [1.807, 2.05) is 19.9 Å². The van der Waals surface area contributed by atoms with Crippen LogP contribution >= 0.6 is 11.6 Å². The molecule has 2 N–H and O–H groups in total. The number of hydrogen-bond acceptors (Lipinski definition) is 3. The molecule has 0 aromatic heterocycles. The number of anilines is 1. The third kappa shape index (κ3) is 1.77. The molecular formula is C15H14Cl2NO2+. The van der Waals surface area contributed by atoms with E-state index >= 15 is 0 Å². The van der Waals surface area contributed by atoms with E-state index in [4.69, 9.17) is 23.2 Å². The molecule has 1 aliphatic carbocycles. The first-order chi connectivity index (χ1) is 9.32. The third-order valence-corrected chi connectivity index (χ3v) is 4.65. The fraction of sp³-hybridized carbons (Fsp3) is 0.267. The highest BCUT2D eigenvalue weighted by molar-refractivity contribution is 6.45. The summed E-state index contributed by atoms with van der Waals surface area (Å²) in [7, 11) is 0. The Balaban J connectivity index is 2.26. The van der Waals surface area contributed by atoms with E-state index in [1.54, 1.807) is 18.2 Å². The SMILES string of the molecule is CC1(C)C2=C(Cl)C(=O)C([ClH+])=CC2Nc2ccc(O)cc21. The Morgan fingerprint density at radius 2 is 2.10 bits per heavy atom.